The Morgan fingerprint density at radius 1 is 1.06 bits per heavy atom. The van der Waals surface area contributed by atoms with E-state index in [2.05, 4.69) is 49.2 Å². The van der Waals surface area contributed by atoms with Crippen molar-refractivity contribution in [2.24, 2.45) is 0 Å². The van der Waals surface area contributed by atoms with E-state index in [1.165, 1.54) is 36.0 Å². The van der Waals surface area contributed by atoms with Crippen molar-refractivity contribution in [3.05, 3.63) is 53.7 Å². The predicted molar refractivity (Wildman–Crippen MR) is 73.0 cm³/mol. The third-order valence-electron chi connectivity index (χ3n) is 2.98. The molecule has 0 spiro atoms. The Labute approximate surface area is 104 Å². The van der Waals surface area contributed by atoms with Gasteiger partial charge < -0.3 is 0 Å². The van der Waals surface area contributed by atoms with E-state index < -0.39 is 0 Å². The van der Waals surface area contributed by atoms with E-state index in [1.807, 2.05) is 12.3 Å². The second kappa shape index (κ2) is 5.62. The van der Waals surface area contributed by atoms with Gasteiger partial charge in [0.15, 0.2) is 0 Å². The zero-order chi connectivity index (χ0) is 12.1. The van der Waals surface area contributed by atoms with Gasteiger partial charge in [-0.2, -0.15) is 0 Å². The quantitative estimate of drug-likeness (QED) is 0.751. The minimum absolute atomic E-state index is 1.06. The van der Waals surface area contributed by atoms with Gasteiger partial charge in [0, 0.05) is 11.8 Å². The number of unbranched alkanes of at least 4 members (excludes halogenated alkanes) is 1. The molecule has 0 saturated heterocycles. The summed E-state index contributed by atoms with van der Waals surface area (Å²) in [6, 6.07) is 12.9. The number of nitrogens with zero attached hydrogens (tertiary/aromatic N) is 1. The highest BCUT2D eigenvalue weighted by molar-refractivity contribution is 5.59. The summed E-state index contributed by atoms with van der Waals surface area (Å²) in [5.41, 5.74) is 4.94. The predicted octanol–water partition coefficient (Wildman–Crippen LogP) is 4.40. The number of benzene rings is 1. The van der Waals surface area contributed by atoms with Crippen molar-refractivity contribution in [3.63, 3.8) is 0 Å². The van der Waals surface area contributed by atoms with E-state index in [-0.39, 0.29) is 0 Å². The fourth-order valence-electron chi connectivity index (χ4n) is 1.92. The normalized spacial score (nSPS) is 10.5. The summed E-state index contributed by atoms with van der Waals surface area (Å²) in [7, 11) is 0. The summed E-state index contributed by atoms with van der Waals surface area (Å²) in [6.07, 6.45) is 5.57. The number of aromatic nitrogens is 1. The van der Waals surface area contributed by atoms with Gasteiger partial charge in [-0.1, -0.05) is 37.6 Å². The molecule has 0 amide bonds. The van der Waals surface area contributed by atoms with Crippen molar-refractivity contribution in [2.75, 3.05) is 0 Å². The zero-order valence-electron chi connectivity index (χ0n) is 10.6. The van der Waals surface area contributed by atoms with Gasteiger partial charge in [0.2, 0.25) is 0 Å². The van der Waals surface area contributed by atoms with Gasteiger partial charge in [0.05, 0.1) is 5.69 Å². The molecule has 2 rings (SSSR count). The fraction of sp³-hybridized carbons (Fsp3) is 0.312. The van der Waals surface area contributed by atoms with Gasteiger partial charge in [-0.25, -0.2) is 0 Å². The molecule has 0 aliphatic heterocycles. The lowest BCUT2D eigenvalue weighted by molar-refractivity contribution is 0.795. The molecule has 0 bridgehead atoms. The molecule has 0 unspecified atom stereocenters. The molecular weight excluding hydrogens is 206 g/mol. The Morgan fingerprint density at radius 3 is 2.47 bits per heavy atom. The molecule has 0 atom stereocenters. The summed E-state index contributed by atoms with van der Waals surface area (Å²) >= 11 is 0. The number of pyridine rings is 1. The van der Waals surface area contributed by atoms with Crippen LogP contribution < -0.4 is 0 Å². The summed E-state index contributed by atoms with van der Waals surface area (Å²) in [5.74, 6) is 0. The first-order valence-electron chi connectivity index (χ1n) is 6.31. The van der Waals surface area contributed by atoms with Crippen LogP contribution in [0.4, 0.5) is 0 Å². The molecule has 2 aromatic rings. The number of hydrogen-bond donors (Lipinski definition) is 0. The first-order chi connectivity index (χ1) is 8.29. The summed E-state index contributed by atoms with van der Waals surface area (Å²) < 4.78 is 0. The summed E-state index contributed by atoms with van der Waals surface area (Å²) in [6.45, 7) is 4.33. The smallest absolute Gasteiger partial charge is 0.0704 e. The highest BCUT2D eigenvalue weighted by Gasteiger charge is 1.99. The molecule has 0 aliphatic rings. The highest BCUT2D eigenvalue weighted by atomic mass is 14.7. The van der Waals surface area contributed by atoms with Crippen LogP contribution in [0.25, 0.3) is 11.3 Å². The third kappa shape index (κ3) is 3.16. The largest absolute Gasteiger partial charge is 0.256 e. The Kier molecular flexibility index (Phi) is 3.92. The Bertz CT molecular complexity index is 471. The van der Waals surface area contributed by atoms with Gasteiger partial charge in [-0.05, 0) is 43.0 Å². The van der Waals surface area contributed by atoms with Crippen molar-refractivity contribution in [2.45, 2.75) is 33.1 Å². The van der Waals surface area contributed by atoms with E-state index in [1.54, 1.807) is 0 Å². The molecule has 0 aliphatic carbocycles. The molecule has 0 saturated carbocycles. The monoisotopic (exact) mass is 225 g/mol. The van der Waals surface area contributed by atoms with Crippen LogP contribution in [0, 0.1) is 6.92 Å². The maximum Gasteiger partial charge on any atom is 0.0704 e. The molecule has 17 heavy (non-hydrogen) atoms. The summed E-state index contributed by atoms with van der Waals surface area (Å²) in [5, 5.41) is 0. The lowest BCUT2D eigenvalue weighted by Gasteiger charge is -2.04. The van der Waals surface area contributed by atoms with Crippen LogP contribution >= 0.6 is 0 Å². The van der Waals surface area contributed by atoms with Gasteiger partial charge in [-0.15, -0.1) is 0 Å². The van der Waals surface area contributed by atoms with E-state index in [9.17, 15) is 0 Å². The molecule has 0 fully saturated rings. The van der Waals surface area contributed by atoms with Crippen LogP contribution in [-0.2, 0) is 6.42 Å². The molecule has 1 heterocycles. The van der Waals surface area contributed by atoms with Crippen molar-refractivity contribution >= 4 is 0 Å². The first-order valence-corrected chi connectivity index (χ1v) is 6.31. The third-order valence-corrected chi connectivity index (χ3v) is 2.98. The standard InChI is InChI=1S/C16H19N/c1-3-4-5-14-6-8-15(9-7-14)16-12-13(2)10-11-17-16/h6-12H,3-5H2,1-2H3. The molecular formula is C16H19N. The fourth-order valence-corrected chi connectivity index (χ4v) is 1.92. The second-order valence-electron chi connectivity index (χ2n) is 4.52. The van der Waals surface area contributed by atoms with Crippen molar-refractivity contribution < 1.29 is 0 Å². The molecule has 88 valence electrons. The van der Waals surface area contributed by atoms with Gasteiger partial charge in [-0.3, -0.25) is 4.98 Å². The molecule has 1 aromatic heterocycles. The van der Waals surface area contributed by atoms with Crippen molar-refractivity contribution in [3.8, 4) is 11.3 Å². The average Bonchev–Trinajstić information content (AvgIpc) is 2.37. The van der Waals surface area contributed by atoms with Crippen LogP contribution in [0.2, 0.25) is 0 Å². The molecule has 0 N–H and O–H groups in total. The SMILES string of the molecule is CCCCc1ccc(-c2cc(C)ccn2)cc1. The van der Waals surface area contributed by atoms with Crippen LogP contribution in [-0.4, -0.2) is 4.98 Å². The number of aryl methyl sites for hydroxylation is 2. The van der Waals surface area contributed by atoms with Crippen LogP contribution in [0.15, 0.2) is 42.6 Å². The molecule has 0 radical (unpaired) electrons. The maximum atomic E-state index is 4.40. The zero-order valence-corrected chi connectivity index (χ0v) is 10.6. The minimum atomic E-state index is 1.06. The van der Waals surface area contributed by atoms with Crippen LogP contribution in [0.1, 0.15) is 30.9 Å². The molecule has 1 nitrogen and oxygen atoms in total. The summed E-state index contributed by atoms with van der Waals surface area (Å²) in [4.78, 5) is 4.40. The first kappa shape index (κ1) is 11.8. The number of rotatable bonds is 4. The Hall–Kier alpha value is -1.63. The van der Waals surface area contributed by atoms with E-state index in [4.69, 9.17) is 0 Å². The van der Waals surface area contributed by atoms with Crippen LogP contribution in [0.5, 0.6) is 0 Å². The lowest BCUT2D eigenvalue weighted by atomic mass is 10.0. The van der Waals surface area contributed by atoms with E-state index >= 15 is 0 Å². The van der Waals surface area contributed by atoms with Crippen molar-refractivity contribution in [1.82, 2.24) is 4.98 Å². The Morgan fingerprint density at radius 2 is 1.82 bits per heavy atom. The molecule has 1 heteroatoms. The highest BCUT2D eigenvalue weighted by Crippen LogP contribution is 2.18. The van der Waals surface area contributed by atoms with Gasteiger partial charge in [0.25, 0.3) is 0 Å². The van der Waals surface area contributed by atoms with Gasteiger partial charge in [0.1, 0.15) is 0 Å². The van der Waals surface area contributed by atoms with Crippen molar-refractivity contribution in [1.29, 1.82) is 0 Å². The topological polar surface area (TPSA) is 12.9 Å². The molecule has 1 aromatic carbocycles. The Balaban J connectivity index is 2.17. The number of hydrogen-bond acceptors (Lipinski definition) is 1. The van der Waals surface area contributed by atoms with E-state index in [0.717, 1.165) is 5.69 Å². The minimum Gasteiger partial charge on any atom is -0.256 e. The maximum absolute atomic E-state index is 4.40. The average molecular weight is 225 g/mol. The van der Waals surface area contributed by atoms with Crippen LogP contribution in [0.3, 0.4) is 0 Å². The van der Waals surface area contributed by atoms with E-state index in [0.29, 0.717) is 0 Å². The second-order valence-corrected chi connectivity index (χ2v) is 4.52. The van der Waals surface area contributed by atoms with Gasteiger partial charge >= 0.3 is 0 Å². The lowest BCUT2D eigenvalue weighted by Crippen LogP contribution is -1.87.